The molecule has 0 radical (unpaired) electrons. The van der Waals surface area contributed by atoms with Gasteiger partial charge in [-0.15, -0.1) is 0 Å². The maximum atomic E-state index is 13.1. The Bertz CT molecular complexity index is 1380. The number of primary amides is 1. The molecular weight excluding hydrogens is 474 g/mol. The number of benzene rings is 2. The summed E-state index contributed by atoms with van der Waals surface area (Å²) in [6, 6.07) is 11.0. The fourth-order valence-electron chi connectivity index (χ4n) is 5.66. The standard InChI is InChI=1S/C27H33N5O5/c1-16-6-9-18(14-22(16)36-2)30-24(33)17-7-10-19(11-8-17)32-21-5-3-4-20(23(21)31-26(32)35)27(25(28)34)15-29-12-13-37-27/h3-6,9,14,17,19,29H,7-8,10-13,15H2,1-2H3,(H2,28,34)(H,30,33)(H,31,35). The number of fused-ring (bicyclic) bond motifs is 1. The molecule has 2 aromatic carbocycles. The minimum atomic E-state index is -1.35. The number of rotatable bonds is 6. The average Bonchev–Trinajstić information content (AvgIpc) is 3.25. The van der Waals surface area contributed by atoms with Crippen LogP contribution in [0.3, 0.4) is 0 Å². The van der Waals surface area contributed by atoms with Crippen LogP contribution in [0.2, 0.25) is 0 Å². The minimum Gasteiger partial charge on any atom is -0.496 e. The van der Waals surface area contributed by atoms with Gasteiger partial charge in [0.1, 0.15) is 5.75 Å². The van der Waals surface area contributed by atoms with E-state index in [0.29, 0.717) is 61.1 Å². The number of carbonyl (C=O) groups excluding carboxylic acids is 2. The van der Waals surface area contributed by atoms with Crippen molar-refractivity contribution in [1.29, 1.82) is 0 Å². The number of imidazole rings is 1. The summed E-state index contributed by atoms with van der Waals surface area (Å²) in [6.45, 7) is 3.15. The lowest BCUT2D eigenvalue weighted by molar-refractivity contribution is -0.148. The number of nitrogens with two attached hydrogens (primary N) is 1. The van der Waals surface area contributed by atoms with Crippen LogP contribution in [-0.4, -0.2) is 48.2 Å². The van der Waals surface area contributed by atoms with Gasteiger partial charge in [0.25, 0.3) is 5.91 Å². The highest BCUT2D eigenvalue weighted by Crippen LogP contribution is 2.36. The number of nitrogens with zero attached hydrogens (tertiary/aromatic N) is 1. The van der Waals surface area contributed by atoms with E-state index >= 15 is 0 Å². The van der Waals surface area contributed by atoms with Gasteiger partial charge in [0.2, 0.25) is 5.91 Å². The number of H-pyrrole nitrogens is 1. The molecule has 1 aliphatic carbocycles. The van der Waals surface area contributed by atoms with Gasteiger partial charge in [-0.05, 0) is 50.3 Å². The van der Waals surface area contributed by atoms with E-state index in [1.807, 2.05) is 37.3 Å². The number of anilines is 1. The Morgan fingerprint density at radius 1 is 1.19 bits per heavy atom. The van der Waals surface area contributed by atoms with Crippen molar-refractivity contribution in [2.45, 2.75) is 44.2 Å². The largest absolute Gasteiger partial charge is 0.496 e. The molecule has 37 heavy (non-hydrogen) atoms. The second-order valence-electron chi connectivity index (χ2n) is 9.90. The van der Waals surface area contributed by atoms with E-state index in [9.17, 15) is 14.4 Å². The molecule has 1 saturated heterocycles. The number of carbonyl (C=O) groups is 2. The number of morpholine rings is 1. The number of methoxy groups -OCH3 is 1. The average molecular weight is 508 g/mol. The van der Waals surface area contributed by atoms with Crippen LogP contribution >= 0.6 is 0 Å². The molecule has 2 heterocycles. The summed E-state index contributed by atoms with van der Waals surface area (Å²) in [4.78, 5) is 41.6. The molecule has 5 rings (SSSR count). The Kier molecular flexibility index (Phi) is 6.78. The summed E-state index contributed by atoms with van der Waals surface area (Å²) in [5.41, 5.74) is 7.73. The molecule has 3 aromatic rings. The second-order valence-corrected chi connectivity index (χ2v) is 9.90. The molecule has 1 atom stereocenters. The third-order valence-electron chi connectivity index (χ3n) is 7.70. The lowest BCUT2D eigenvalue weighted by Gasteiger charge is -2.35. The highest BCUT2D eigenvalue weighted by molar-refractivity contribution is 5.93. The van der Waals surface area contributed by atoms with Gasteiger partial charge in [0, 0.05) is 42.4 Å². The van der Waals surface area contributed by atoms with Crippen LogP contribution < -0.4 is 26.8 Å². The number of amides is 2. The fraction of sp³-hybridized carbons (Fsp3) is 0.444. The second kappa shape index (κ2) is 10.0. The number of nitrogens with one attached hydrogen (secondary N) is 3. The Morgan fingerprint density at radius 3 is 2.65 bits per heavy atom. The molecule has 1 saturated carbocycles. The first kappa shape index (κ1) is 25.0. The van der Waals surface area contributed by atoms with E-state index in [1.165, 1.54) is 0 Å². The van der Waals surface area contributed by atoms with Gasteiger partial charge >= 0.3 is 5.69 Å². The van der Waals surface area contributed by atoms with Gasteiger partial charge in [0.15, 0.2) is 5.60 Å². The maximum absolute atomic E-state index is 13.1. The summed E-state index contributed by atoms with van der Waals surface area (Å²) >= 11 is 0. The molecule has 2 fully saturated rings. The van der Waals surface area contributed by atoms with Gasteiger partial charge in [-0.1, -0.05) is 18.2 Å². The van der Waals surface area contributed by atoms with E-state index in [2.05, 4.69) is 15.6 Å². The van der Waals surface area contributed by atoms with E-state index in [4.69, 9.17) is 15.2 Å². The highest BCUT2D eigenvalue weighted by atomic mass is 16.5. The molecule has 0 bridgehead atoms. The van der Waals surface area contributed by atoms with Crippen molar-refractivity contribution in [1.82, 2.24) is 14.9 Å². The zero-order chi connectivity index (χ0) is 26.2. The molecule has 2 aliphatic rings. The molecule has 10 nitrogen and oxygen atoms in total. The van der Waals surface area contributed by atoms with Crippen LogP contribution in [0.1, 0.15) is 42.9 Å². The van der Waals surface area contributed by atoms with Gasteiger partial charge in [-0.25, -0.2) is 4.79 Å². The monoisotopic (exact) mass is 507 g/mol. The third-order valence-corrected chi connectivity index (χ3v) is 7.70. The zero-order valence-corrected chi connectivity index (χ0v) is 21.1. The molecule has 0 spiro atoms. The zero-order valence-electron chi connectivity index (χ0n) is 21.1. The van der Waals surface area contributed by atoms with Crippen LogP contribution in [0.15, 0.2) is 41.2 Å². The number of hydrogen-bond donors (Lipinski definition) is 4. The third kappa shape index (κ3) is 4.51. The Labute approximate surface area is 214 Å². The smallest absolute Gasteiger partial charge is 0.326 e. The van der Waals surface area contributed by atoms with E-state index < -0.39 is 11.5 Å². The Balaban J connectivity index is 1.35. The topological polar surface area (TPSA) is 140 Å². The first-order chi connectivity index (χ1) is 17.8. The van der Waals surface area contributed by atoms with Crippen LogP contribution in [-0.2, 0) is 19.9 Å². The van der Waals surface area contributed by atoms with Crippen molar-refractivity contribution < 1.29 is 19.1 Å². The lowest BCUT2D eigenvalue weighted by atomic mass is 9.85. The fourth-order valence-corrected chi connectivity index (χ4v) is 5.66. The van der Waals surface area contributed by atoms with Gasteiger partial charge < -0.3 is 30.8 Å². The van der Waals surface area contributed by atoms with Crippen molar-refractivity contribution in [2.24, 2.45) is 11.7 Å². The molecule has 1 aromatic heterocycles. The van der Waals surface area contributed by atoms with Crippen molar-refractivity contribution in [3.05, 3.63) is 58.0 Å². The number of ether oxygens (including phenoxy) is 2. The first-order valence-corrected chi connectivity index (χ1v) is 12.7. The molecule has 10 heteroatoms. The van der Waals surface area contributed by atoms with Crippen LogP contribution in [0.25, 0.3) is 11.0 Å². The summed E-state index contributed by atoms with van der Waals surface area (Å²) in [5.74, 6) is -0.0336. The Hall–Kier alpha value is -3.63. The van der Waals surface area contributed by atoms with Crippen molar-refractivity contribution in [2.75, 3.05) is 32.1 Å². The van der Waals surface area contributed by atoms with Crippen LogP contribution in [0.5, 0.6) is 5.75 Å². The molecule has 5 N–H and O–H groups in total. The summed E-state index contributed by atoms with van der Waals surface area (Å²) in [6.07, 6.45) is 2.70. The number of para-hydroxylation sites is 1. The van der Waals surface area contributed by atoms with Crippen LogP contribution in [0, 0.1) is 12.8 Å². The predicted molar refractivity (Wildman–Crippen MR) is 140 cm³/mol. The summed E-state index contributed by atoms with van der Waals surface area (Å²) in [7, 11) is 1.61. The van der Waals surface area contributed by atoms with E-state index in [-0.39, 0.29) is 30.1 Å². The van der Waals surface area contributed by atoms with Crippen molar-refractivity contribution in [3.8, 4) is 5.75 Å². The normalized spacial score (nSPS) is 24.1. The number of aromatic amines is 1. The molecule has 1 unspecified atom stereocenters. The first-order valence-electron chi connectivity index (χ1n) is 12.7. The Morgan fingerprint density at radius 2 is 1.97 bits per heavy atom. The quantitative estimate of drug-likeness (QED) is 0.404. The summed E-state index contributed by atoms with van der Waals surface area (Å²) in [5, 5.41) is 6.18. The molecule has 1 aliphatic heterocycles. The molecular formula is C27H33N5O5. The van der Waals surface area contributed by atoms with E-state index in [0.717, 1.165) is 11.3 Å². The van der Waals surface area contributed by atoms with E-state index in [1.54, 1.807) is 17.7 Å². The molecule has 196 valence electrons. The van der Waals surface area contributed by atoms with Crippen molar-refractivity contribution in [3.63, 3.8) is 0 Å². The summed E-state index contributed by atoms with van der Waals surface area (Å²) < 4.78 is 13.0. The lowest BCUT2D eigenvalue weighted by Crippen LogP contribution is -2.55. The highest BCUT2D eigenvalue weighted by Gasteiger charge is 2.43. The van der Waals surface area contributed by atoms with Crippen molar-refractivity contribution >= 4 is 28.5 Å². The number of aryl methyl sites for hydroxylation is 1. The molecule has 2 amide bonds. The van der Waals surface area contributed by atoms with Crippen LogP contribution in [0.4, 0.5) is 5.69 Å². The number of hydrogen-bond acceptors (Lipinski definition) is 6. The number of aromatic nitrogens is 2. The van der Waals surface area contributed by atoms with Gasteiger partial charge in [-0.3, -0.25) is 14.2 Å². The maximum Gasteiger partial charge on any atom is 0.326 e. The van der Waals surface area contributed by atoms with Gasteiger partial charge in [0.05, 0.1) is 24.8 Å². The predicted octanol–water partition coefficient (Wildman–Crippen LogP) is 2.32. The minimum absolute atomic E-state index is 0.0248. The SMILES string of the molecule is COc1cc(NC(=O)C2CCC(n3c(=O)[nH]c4c(C5(C(N)=O)CNCCO5)cccc43)CC2)ccc1C. The van der Waals surface area contributed by atoms with Gasteiger partial charge in [-0.2, -0.15) is 0 Å².